The number of carbonyl (C=O) groups is 1. The van der Waals surface area contributed by atoms with Gasteiger partial charge in [0, 0.05) is 37.1 Å². The molecule has 2 heterocycles. The number of hydrogen-bond acceptors (Lipinski definition) is 6. The van der Waals surface area contributed by atoms with E-state index in [9.17, 15) is 9.18 Å². The molecule has 1 aromatic heterocycles. The van der Waals surface area contributed by atoms with E-state index in [1.165, 1.54) is 24.3 Å². The van der Waals surface area contributed by atoms with Gasteiger partial charge in [-0.3, -0.25) is 9.69 Å². The highest BCUT2D eigenvalue weighted by molar-refractivity contribution is 7.09. The van der Waals surface area contributed by atoms with Gasteiger partial charge in [-0.05, 0) is 48.5 Å². The number of benzene rings is 2. The highest BCUT2D eigenvalue weighted by Gasteiger charge is 2.22. The van der Waals surface area contributed by atoms with Gasteiger partial charge in [-0.1, -0.05) is 0 Å². The van der Waals surface area contributed by atoms with Gasteiger partial charge in [0.05, 0.1) is 19.3 Å². The third-order valence-corrected chi connectivity index (χ3v) is 6.03. The summed E-state index contributed by atoms with van der Waals surface area (Å²) in [5.41, 5.74) is 2.04. The van der Waals surface area contributed by atoms with Crippen LogP contribution in [0.4, 0.5) is 4.39 Å². The molecule has 0 radical (unpaired) electrons. The van der Waals surface area contributed by atoms with Crippen molar-refractivity contribution in [2.45, 2.75) is 6.54 Å². The molecular weight excluding hydrogens is 417 g/mol. The molecule has 6 nitrogen and oxygen atoms in total. The van der Waals surface area contributed by atoms with Gasteiger partial charge in [0.15, 0.2) is 6.61 Å². The summed E-state index contributed by atoms with van der Waals surface area (Å²) in [5.74, 6) is 0.936. The molecule has 1 amide bonds. The molecule has 8 heteroatoms. The van der Waals surface area contributed by atoms with Crippen LogP contribution in [0.25, 0.3) is 11.3 Å². The van der Waals surface area contributed by atoms with Gasteiger partial charge in [-0.15, -0.1) is 11.3 Å². The molecule has 0 N–H and O–H groups in total. The predicted molar refractivity (Wildman–Crippen MR) is 118 cm³/mol. The monoisotopic (exact) mass is 441 g/mol. The Balaban J connectivity index is 1.24. The Bertz CT molecular complexity index is 1000. The Morgan fingerprint density at radius 2 is 1.71 bits per heavy atom. The molecule has 1 aliphatic heterocycles. The summed E-state index contributed by atoms with van der Waals surface area (Å²) in [5, 5.41) is 3.13. The minimum Gasteiger partial charge on any atom is -0.497 e. The van der Waals surface area contributed by atoms with Crippen molar-refractivity contribution in [1.29, 1.82) is 0 Å². The zero-order valence-corrected chi connectivity index (χ0v) is 18.1. The summed E-state index contributed by atoms with van der Waals surface area (Å²) in [6.45, 7) is 3.63. The second kappa shape index (κ2) is 9.89. The normalized spacial score (nSPS) is 14.5. The maximum absolute atomic E-state index is 12.9. The van der Waals surface area contributed by atoms with E-state index in [2.05, 4.69) is 10.3 Å². The lowest BCUT2D eigenvalue weighted by molar-refractivity contribution is -0.135. The summed E-state index contributed by atoms with van der Waals surface area (Å²) in [6.07, 6.45) is 0. The van der Waals surface area contributed by atoms with Crippen molar-refractivity contribution >= 4 is 17.2 Å². The number of amides is 1. The number of methoxy groups -OCH3 is 1. The van der Waals surface area contributed by atoms with Crippen molar-refractivity contribution in [2.75, 3.05) is 39.9 Å². The molecule has 0 spiro atoms. The number of carbonyl (C=O) groups excluding carboxylic acids is 1. The van der Waals surface area contributed by atoms with Crippen LogP contribution in [-0.4, -0.2) is 60.6 Å². The molecular formula is C23H24FN3O3S. The second-order valence-corrected chi connectivity index (χ2v) is 8.20. The van der Waals surface area contributed by atoms with Crippen LogP contribution in [0.5, 0.6) is 11.5 Å². The zero-order chi connectivity index (χ0) is 21.6. The predicted octanol–water partition coefficient (Wildman–Crippen LogP) is 3.68. The second-order valence-electron chi connectivity index (χ2n) is 7.25. The standard InChI is InChI=1S/C23H24FN3O3S/c1-29-19-6-2-17(3-7-19)21-16-31-22(25-21)14-26-10-12-27(13-11-26)23(28)15-30-20-8-4-18(24)5-9-20/h2-9,16H,10-15H2,1H3. The van der Waals surface area contributed by atoms with Crippen molar-refractivity contribution in [2.24, 2.45) is 0 Å². The Kier molecular flexibility index (Phi) is 6.79. The maximum Gasteiger partial charge on any atom is 0.260 e. The van der Waals surface area contributed by atoms with E-state index in [-0.39, 0.29) is 18.3 Å². The molecule has 2 aromatic carbocycles. The molecule has 1 aliphatic rings. The molecule has 162 valence electrons. The molecule has 0 bridgehead atoms. The third-order valence-electron chi connectivity index (χ3n) is 5.20. The van der Waals surface area contributed by atoms with E-state index in [0.717, 1.165) is 41.6 Å². The summed E-state index contributed by atoms with van der Waals surface area (Å²) in [7, 11) is 1.65. The molecule has 31 heavy (non-hydrogen) atoms. The lowest BCUT2D eigenvalue weighted by Gasteiger charge is -2.34. The number of thiazole rings is 1. The van der Waals surface area contributed by atoms with Crippen molar-refractivity contribution in [3.63, 3.8) is 0 Å². The van der Waals surface area contributed by atoms with Crippen LogP contribution >= 0.6 is 11.3 Å². The molecule has 3 aromatic rings. The lowest BCUT2D eigenvalue weighted by Crippen LogP contribution is -2.49. The van der Waals surface area contributed by atoms with E-state index in [4.69, 9.17) is 14.5 Å². The number of piperazine rings is 1. The molecule has 0 aliphatic carbocycles. The van der Waals surface area contributed by atoms with E-state index < -0.39 is 0 Å². The molecule has 0 unspecified atom stereocenters. The van der Waals surface area contributed by atoms with E-state index >= 15 is 0 Å². The Labute approximate surface area is 184 Å². The fourth-order valence-electron chi connectivity index (χ4n) is 3.39. The Hall–Kier alpha value is -2.97. The van der Waals surface area contributed by atoms with Gasteiger partial charge in [0.1, 0.15) is 22.3 Å². The summed E-state index contributed by atoms with van der Waals surface area (Å²) < 4.78 is 23.6. The average Bonchev–Trinajstić information content (AvgIpc) is 3.27. The van der Waals surface area contributed by atoms with Crippen LogP contribution in [0, 0.1) is 5.82 Å². The van der Waals surface area contributed by atoms with Crippen LogP contribution in [0.3, 0.4) is 0 Å². The number of nitrogens with zero attached hydrogens (tertiary/aromatic N) is 3. The number of halogens is 1. The Morgan fingerprint density at radius 3 is 2.39 bits per heavy atom. The first-order valence-electron chi connectivity index (χ1n) is 10.1. The first-order chi connectivity index (χ1) is 15.1. The van der Waals surface area contributed by atoms with Crippen molar-refractivity contribution in [3.8, 4) is 22.8 Å². The number of hydrogen-bond donors (Lipinski definition) is 0. The minimum atomic E-state index is -0.328. The van der Waals surface area contributed by atoms with Gasteiger partial charge in [-0.2, -0.15) is 0 Å². The van der Waals surface area contributed by atoms with Gasteiger partial charge in [0.2, 0.25) is 0 Å². The van der Waals surface area contributed by atoms with E-state index in [1.807, 2.05) is 29.2 Å². The van der Waals surface area contributed by atoms with Crippen LogP contribution in [0.1, 0.15) is 5.01 Å². The quantitative estimate of drug-likeness (QED) is 0.560. The van der Waals surface area contributed by atoms with Crippen molar-refractivity contribution < 1.29 is 18.7 Å². The van der Waals surface area contributed by atoms with E-state index in [0.29, 0.717) is 18.8 Å². The SMILES string of the molecule is COc1ccc(-c2csc(CN3CCN(C(=O)COc4ccc(F)cc4)CC3)n2)cc1. The number of aromatic nitrogens is 1. The van der Waals surface area contributed by atoms with Crippen LogP contribution in [-0.2, 0) is 11.3 Å². The molecule has 1 saturated heterocycles. The topological polar surface area (TPSA) is 54.9 Å². The third kappa shape index (κ3) is 5.59. The minimum absolute atomic E-state index is 0.0384. The average molecular weight is 442 g/mol. The van der Waals surface area contributed by atoms with Gasteiger partial charge < -0.3 is 14.4 Å². The Morgan fingerprint density at radius 1 is 1.03 bits per heavy atom. The first kappa shape index (κ1) is 21.3. The molecule has 0 saturated carbocycles. The van der Waals surface area contributed by atoms with E-state index in [1.54, 1.807) is 18.4 Å². The van der Waals surface area contributed by atoms with Crippen LogP contribution < -0.4 is 9.47 Å². The fourth-order valence-corrected chi connectivity index (χ4v) is 4.24. The first-order valence-corrected chi connectivity index (χ1v) is 11.0. The summed E-state index contributed by atoms with van der Waals surface area (Å²) in [4.78, 5) is 21.3. The summed E-state index contributed by atoms with van der Waals surface area (Å²) >= 11 is 1.65. The largest absolute Gasteiger partial charge is 0.497 e. The van der Waals surface area contributed by atoms with Crippen LogP contribution in [0.15, 0.2) is 53.9 Å². The summed E-state index contributed by atoms with van der Waals surface area (Å²) in [6, 6.07) is 13.6. The number of ether oxygens (including phenoxy) is 2. The molecule has 0 atom stereocenters. The highest BCUT2D eigenvalue weighted by Crippen LogP contribution is 2.25. The molecule has 1 fully saturated rings. The van der Waals surface area contributed by atoms with Gasteiger partial charge in [0.25, 0.3) is 5.91 Å². The fraction of sp³-hybridized carbons (Fsp3) is 0.304. The van der Waals surface area contributed by atoms with Crippen LogP contribution in [0.2, 0.25) is 0 Å². The van der Waals surface area contributed by atoms with Gasteiger partial charge in [-0.25, -0.2) is 9.37 Å². The van der Waals surface area contributed by atoms with Gasteiger partial charge >= 0.3 is 0 Å². The zero-order valence-electron chi connectivity index (χ0n) is 17.3. The molecule has 4 rings (SSSR count). The smallest absolute Gasteiger partial charge is 0.260 e. The maximum atomic E-state index is 12.9. The van der Waals surface area contributed by atoms with Crippen molar-refractivity contribution in [3.05, 3.63) is 64.7 Å². The highest BCUT2D eigenvalue weighted by atomic mass is 32.1. The lowest BCUT2D eigenvalue weighted by atomic mass is 10.2. The number of rotatable bonds is 7. The van der Waals surface area contributed by atoms with Crippen molar-refractivity contribution in [1.82, 2.24) is 14.8 Å².